The van der Waals surface area contributed by atoms with Gasteiger partial charge in [-0.05, 0) is 30.5 Å². The van der Waals surface area contributed by atoms with Crippen LogP contribution < -0.4 is 10.9 Å². The van der Waals surface area contributed by atoms with Gasteiger partial charge >= 0.3 is 0 Å². The number of aryl methyl sites for hydroxylation is 1. The van der Waals surface area contributed by atoms with Gasteiger partial charge in [-0.15, -0.1) is 0 Å². The highest BCUT2D eigenvalue weighted by Crippen LogP contribution is 2.38. The summed E-state index contributed by atoms with van der Waals surface area (Å²) >= 11 is 0. The van der Waals surface area contributed by atoms with Crippen LogP contribution >= 0.6 is 0 Å². The molecule has 0 spiro atoms. The van der Waals surface area contributed by atoms with Crippen LogP contribution in [0, 0.1) is 0 Å². The zero-order valence-electron chi connectivity index (χ0n) is 20.1. The third kappa shape index (κ3) is 3.41. The predicted octanol–water partition coefficient (Wildman–Crippen LogP) is 7.59. The van der Waals surface area contributed by atoms with Crippen molar-refractivity contribution in [3.8, 4) is 5.69 Å². The summed E-state index contributed by atoms with van der Waals surface area (Å²) in [5, 5.41) is 4.28. The molecule has 6 aromatic rings. The van der Waals surface area contributed by atoms with Crippen molar-refractivity contribution in [3.63, 3.8) is 0 Å². The third-order valence-electron chi connectivity index (χ3n) is 7.49. The maximum Gasteiger partial charge on any atom is 0.196 e. The fourth-order valence-electron chi connectivity index (χ4n) is 5.75. The second-order valence-electron chi connectivity index (χ2n) is 9.72. The number of hydrogen-bond acceptors (Lipinski definition) is 2. The summed E-state index contributed by atoms with van der Waals surface area (Å²) in [5.41, 5.74) is 3.92. The number of aromatic nitrogens is 1. The molecular weight excluding hydrogens is 430 g/mol. The second kappa shape index (κ2) is 8.81. The summed E-state index contributed by atoms with van der Waals surface area (Å²) in [4.78, 5) is 27.0. The highest BCUT2D eigenvalue weighted by molar-refractivity contribution is 6.28. The Morgan fingerprint density at radius 2 is 1.06 bits per heavy atom. The maximum absolute atomic E-state index is 13.5. The molecule has 1 heterocycles. The molecule has 0 aliphatic heterocycles. The van der Waals surface area contributed by atoms with Gasteiger partial charge in [0.05, 0.1) is 21.8 Å². The summed E-state index contributed by atoms with van der Waals surface area (Å²) < 4.78 is 2.15. The van der Waals surface area contributed by atoms with Crippen molar-refractivity contribution in [2.24, 2.45) is 0 Å². The van der Waals surface area contributed by atoms with E-state index in [1.165, 1.54) is 44.1 Å². The zero-order chi connectivity index (χ0) is 23.9. The van der Waals surface area contributed by atoms with E-state index in [0.717, 1.165) is 33.9 Å². The van der Waals surface area contributed by atoms with E-state index in [2.05, 4.69) is 35.8 Å². The molecule has 0 bridgehead atoms. The molecule has 0 fully saturated rings. The van der Waals surface area contributed by atoms with Crippen LogP contribution in [0.15, 0.2) is 82.4 Å². The van der Waals surface area contributed by atoms with E-state index in [4.69, 9.17) is 0 Å². The number of nitrogens with zero attached hydrogens (tertiary/aromatic N) is 1. The van der Waals surface area contributed by atoms with Crippen molar-refractivity contribution >= 4 is 43.4 Å². The summed E-state index contributed by atoms with van der Waals surface area (Å²) in [5.74, 6) is 0. The molecule has 174 valence electrons. The molecule has 5 aromatic carbocycles. The van der Waals surface area contributed by atoms with E-state index < -0.39 is 0 Å². The van der Waals surface area contributed by atoms with Crippen LogP contribution in [0.3, 0.4) is 0 Å². The maximum atomic E-state index is 13.5. The Kier molecular flexibility index (Phi) is 5.49. The number of hydrogen-bond donors (Lipinski definition) is 0. The average Bonchev–Trinajstić information content (AvgIpc) is 3.49. The van der Waals surface area contributed by atoms with Crippen molar-refractivity contribution < 1.29 is 0 Å². The smallest absolute Gasteiger partial charge is 0.196 e. The van der Waals surface area contributed by atoms with Gasteiger partial charge in [0.25, 0.3) is 0 Å². The van der Waals surface area contributed by atoms with Crippen LogP contribution in [0.5, 0.6) is 0 Å². The van der Waals surface area contributed by atoms with Gasteiger partial charge in [-0.25, -0.2) is 0 Å². The molecule has 0 saturated heterocycles. The predicted molar refractivity (Wildman–Crippen MR) is 148 cm³/mol. The molecule has 0 aliphatic rings. The van der Waals surface area contributed by atoms with Gasteiger partial charge in [0.2, 0.25) is 0 Å². The number of unbranched alkanes of at least 4 members (excludes halogenated alkanes) is 5. The fraction of sp³-hybridized carbons (Fsp3) is 0.250. The van der Waals surface area contributed by atoms with Crippen molar-refractivity contribution in [2.75, 3.05) is 0 Å². The first kappa shape index (κ1) is 21.8. The highest BCUT2D eigenvalue weighted by Gasteiger charge is 2.25. The van der Waals surface area contributed by atoms with E-state index in [0.29, 0.717) is 21.5 Å². The molecular formula is C32H29NO2. The Labute approximate surface area is 204 Å². The molecule has 35 heavy (non-hydrogen) atoms. The third-order valence-corrected chi connectivity index (χ3v) is 7.49. The van der Waals surface area contributed by atoms with Gasteiger partial charge < -0.3 is 4.57 Å². The van der Waals surface area contributed by atoms with Crippen LogP contribution in [0.2, 0.25) is 0 Å². The lowest BCUT2D eigenvalue weighted by Crippen LogP contribution is -1.99. The van der Waals surface area contributed by atoms with Gasteiger partial charge in [-0.2, -0.15) is 0 Å². The Morgan fingerprint density at radius 3 is 1.60 bits per heavy atom. The molecule has 3 heteroatoms. The summed E-state index contributed by atoms with van der Waals surface area (Å²) in [6, 6.07) is 24.1. The molecule has 0 N–H and O–H groups in total. The molecule has 3 nitrogen and oxygen atoms in total. The molecule has 0 saturated carbocycles. The van der Waals surface area contributed by atoms with Gasteiger partial charge in [0, 0.05) is 27.2 Å². The largest absolute Gasteiger partial charge is 0.308 e. The van der Waals surface area contributed by atoms with E-state index in [9.17, 15) is 9.59 Å². The minimum absolute atomic E-state index is 0.0496. The molecule has 0 aliphatic carbocycles. The Balaban J connectivity index is 1.51. The first-order valence-electron chi connectivity index (χ1n) is 12.9. The van der Waals surface area contributed by atoms with Crippen LogP contribution in [0.1, 0.15) is 51.0 Å². The molecule has 1 aromatic heterocycles. The monoisotopic (exact) mass is 459 g/mol. The summed E-state index contributed by atoms with van der Waals surface area (Å²) in [6.07, 6.45) is 8.82. The van der Waals surface area contributed by atoms with Crippen LogP contribution in [0.25, 0.3) is 49.0 Å². The van der Waals surface area contributed by atoms with Crippen LogP contribution in [0.4, 0.5) is 0 Å². The van der Waals surface area contributed by atoms with Gasteiger partial charge in [-0.1, -0.05) is 99.7 Å². The van der Waals surface area contributed by atoms with Crippen molar-refractivity contribution in [3.05, 3.63) is 98.8 Å². The lowest BCUT2D eigenvalue weighted by Gasteiger charge is -2.10. The Morgan fingerprint density at radius 1 is 0.571 bits per heavy atom. The normalized spacial score (nSPS) is 12.0. The molecule has 0 atom stereocenters. The average molecular weight is 460 g/mol. The number of rotatable bonds is 8. The summed E-state index contributed by atoms with van der Waals surface area (Å²) in [6.45, 7) is 2.25. The topological polar surface area (TPSA) is 39.1 Å². The number of fused-ring (bicyclic) bond motifs is 7. The standard InChI is InChI=1S/C32H29NO2/c1-2-3-4-5-6-7-12-21-17-19-22(20-18-21)33-29-23-13-8-10-15-25(23)31(34)27(29)28-30(33)24-14-9-11-16-26(24)32(28)35/h8-11,13-20H,2-7,12H2,1H3. The van der Waals surface area contributed by atoms with Crippen molar-refractivity contribution in [1.29, 1.82) is 0 Å². The Hall–Kier alpha value is -3.72. The van der Waals surface area contributed by atoms with E-state index in [-0.39, 0.29) is 10.9 Å². The molecule has 0 unspecified atom stereocenters. The van der Waals surface area contributed by atoms with Crippen LogP contribution in [-0.4, -0.2) is 4.57 Å². The van der Waals surface area contributed by atoms with E-state index in [1.54, 1.807) is 0 Å². The highest BCUT2D eigenvalue weighted by atomic mass is 16.1. The first-order valence-corrected chi connectivity index (χ1v) is 12.9. The van der Waals surface area contributed by atoms with Crippen LogP contribution in [-0.2, 0) is 6.42 Å². The fourth-order valence-corrected chi connectivity index (χ4v) is 5.75. The second-order valence-corrected chi connectivity index (χ2v) is 9.72. The van der Waals surface area contributed by atoms with Gasteiger partial charge in [0.1, 0.15) is 0 Å². The zero-order valence-corrected chi connectivity index (χ0v) is 20.1. The molecule has 6 rings (SSSR count). The summed E-state index contributed by atoms with van der Waals surface area (Å²) in [7, 11) is 0. The number of benzene rings is 3. The molecule has 0 radical (unpaired) electrons. The van der Waals surface area contributed by atoms with Gasteiger partial charge in [-0.3, -0.25) is 9.59 Å². The van der Waals surface area contributed by atoms with E-state index in [1.807, 2.05) is 48.5 Å². The van der Waals surface area contributed by atoms with Crippen molar-refractivity contribution in [2.45, 2.75) is 51.9 Å². The molecule has 0 amide bonds. The lowest BCUT2D eigenvalue weighted by molar-refractivity contribution is 0.607. The van der Waals surface area contributed by atoms with Crippen molar-refractivity contribution in [1.82, 2.24) is 4.57 Å². The minimum atomic E-state index is -0.0496. The Bertz CT molecular complexity index is 1660. The SMILES string of the molecule is CCCCCCCCc1ccc(-n2c3c4ccccc4c(=O)c3c3c(=O)c4ccccc4c32)cc1. The first-order chi connectivity index (χ1) is 17.2. The van der Waals surface area contributed by atoms with Gasteiger partial charge in [0.15, 0.2) is 10.9 Å². The lowest BCUT2D eigenvalue weighted by atomic mass is 10.0. The van der Waals surface area contributed by atoms with E-state index >= 15 is 0 Å². The minimum Gasteiger partial charge on any atom is -0.308 e. The quantitative estimate of drug-likeness (QED) is 0.220.